The molecule has 1 N–H and O–H groups in total. The van der Waals surface area contributed by atoms with Crippen molar-refractivity contribution < 1.29 is 9.90 Å². The molecule has 1 aromatic heterocycles. The smallest absolute Gasteiger partial charge is 0.254 e. The predicted octanol–water partition coefficient (Wildman–Crippen LogP) is 2.62. The van der Waals surface area contributed by atoms with E-state index in [2.05, 4.69) is 23.6 Å². The van der Waals surface area contributed by atoms with Crippen LogP contribution in [0.15, 0.2) is 23.6 Å². The van der Waals surface area contributed by atoms with Gasteiger partial charge in [0.05, 0.1) is 0 Å². The van der Waals surface area contributed by atoms with E-state index in [9.17, 15) is 9.90 Å². The number of thioether (sulfide) groups is 1. The molecule has 0 saturated carbocycles. The number of hydrogen-bond acceptors (Lipinski definition) is 4. The first-order valence-electron chi connectivity index (χ1n) is 7.01. The number of nitrogens with zero attached hydrogens (tertiary/aromatic N) is 1. The molecule has 0 radical (unpaired) electrons. The van der Waals surface area contributed by atoms with Crippen molar-refractivity contribution in [1.29, 1.82) is 0 Å². The van der Waals surface area contributed by atoms with E-state index in [4.69, 9.17) is 0 Å². The molecule has 0 aromatic carbocycles. The Hall–Kier alpha value is -0.780. The van der Waals surface area contributed by atoms with Gasteiger partial charge >= 0.3 is 0 Å². The van der Waals surface area contributed by atoms with E-state index < -0.39 is 5.60 Å². The highest BCUT2D eigenvalue weighted by atomic mass is 32.2. The second-order valence-corrected chi connectivity index (χ2v) is 7.52. The van der Waals surface area contributed by atoms with E-state index in [1.165, 1.54) is 10.5 Å². The highest BCUT2D eigenvalue weighted by Crippen LogP contribution is 2.31. The maximum absolute atomic E-state index is 12.5. The van der Waals surface area contributed by atoms with Crippen LogP contribution in [0.2, 0.25) is 0 Å². The first-order valence-corrected chi connectivity index (χ1v) is 9.05. The van der Waals surface area contributed by atoms with Crippen molar-refractivity contribution in [1.82, 2.24) is 4.90 Å². The highest BCUT2D eigenvalue weighted by molar-refractivity contribution is 7.99. The van der Waals surface area contributed by atoms with Crippen LogP contribution in [-0.2, 0) is 4.79 Å². The van der Waals surface area contributed by atoms with Gasteiger partial charge in [0.15, 0.2) is 0 Å². The third kappa shape index (κ3) is 2.80. The molecule has 0 spiro atoms. The first-order chi connectivity index (χ1) is 9.69. The second-order valence-electron chi connectivity index (χ2n) is 5.35. The standard InChI is InChI=1S/C15H19NO2S2/c17-14(15(18)5-10-19-11-6-15)16-7-3-12(4-8-16)13-2-1-9-20-13/h1-3,9,18H,4-8,10-11H2. The first kappa shape index (κ1) is 14.2. The van der Waals surface area contributed by atoms with Crippen molar-refractivity contribution >= 4 is 34.6 Å². The molecule has 0 bridgehead atoms. The molecule has 0 aliphatic carbocycles. The molecule has 108 valence electrons. The summed E-state index contributed by atoms with van der Waals surface area (Å²) < 4.78 is 0. The molecule has 0 unspecified atom stereocenters. The lowest BCUT2D eigenvalue weighted by Gasteiger charge is -2.36. The van der Waals surface area contributed by atoms with E-state index in [1.807, 2.05) is 16.7 Å². The largest absolute Gasteiger partial charge is 0.380 e. The molecule has 3 heterocycles. The van der Waals surface area contributed by atoms with E-state index in [1.54, 1.807) is 11.3 Å². The minimum Gasteiger partial charge on any atom is -0.380 e. The Morgan fingerprint density at radius 2 is 2.15 bits per heavy atom. The van der Waals surface area contributed by atoms with Crippen molar-refractivity contribution in [2.45, 2.75) is 24.9 Å². The van der Waals surface area contributed by atoms with Crippen molar-refractivity contribution in [2.24, 2.45) is 0 Å². The number of aliphatic hydroxyl groups is 1. The summed E-state index contributed by atoms with van der Waals surface area (Å²) in [7, 11) is 0. The summed E-state index contributed by atoms with van der Waals surface area (Å²) in [6.07, 6.45) is 4.20. The molecule has 2 aliphatic heterocycles. The SMILES string of the molecule is O=C(N1CC=C(c2cccs2)CC1)C1(O)CCSCC1. The van der Waals surface area contributed by atoms with Gasteiger partial charge in [-0.25, -0.2) is 0 Å². The van der Waals surface area contributed by atoms with Gasteiger partial charge < -0.3 is 10.0 Å². The van der Waals surface area contributed by atoms with Gasteiger partial charge in [-0.3, -0.25) is 4.79 Å². The van der Waals surface area contributed by atoms with Crippen LogP contribution in [0.4, 0.5) is 0 Å². The zero-order valence-corrected chi connectivity index (χ0v) is 13.0. The minimum atomic E-state index is -1.11. The normalized spacial score (nSPS) is 22.4. The van der Waals surface area contributed by atoms with Crippen LogP contribution in [0.1, 0.15) is 24.1 Å². The average Bonchev–Trinajstić information content (AvgIpc) is 3.02. The summed E-state index contributed by atoms with van der Waals surface area (Å²) in [6, 6.07) is 4.18. The zero-order valence-electron chi connectivity index (χ0n) is 11.4. The van der Waals surface area contributed by atoms with E-state index in [0.717, 1.165) is 24.5 Å². The summed E-state index contributed by atoms with van der Waals surface area (Å²) in [5.74, 6) is 1.69. The van der Waals surface area contributed by atoms with Crippen LogP contribution >= 0.6 is 23.1 Å². The monoisotopic (exact) mass is 309 g/mol. The summed E-state index contributed by atoms with van der Waals surface area (Å²) in [6.45, 7) is 1.35. The lowest BCUT2D eigenvalue weighted by molar-refractivity contribution is -0.151. The van der Waals surface area contributed by atoms with E-state index >= 15 is 0 Å². The quantitative estimate of drug-likeness (QED) is 0.913. The van der Waals surface area contributed by atoms with Crippen molar-refractivity contribution in [3.8, 4) is 0 Å². The Bertz CT molecular complexity index is 504. The summed E-state index contributed by atoms with van der Waals surface area (Å²) >= 11 is 3.56. The lowest BCUT2D eigenvalue weighted by Crippen LogP contribution is -2.52. The molecule has 20 heavy (non-hydrogen) atoms. The highest BCUT2D eigenvalue weighted by Gasteiger charge is 2.40. The van der Waals surface area contributed by atoms with Gasteiger partial charge in [-0.2, -0.15) is 11.8 Å². The number of rotatable bonds is 2. The second kappa shape index (κ2) is 5.92. The van der Waals surface area contributed by atoms with E-state index in [-0.39, 0.29) is 5.91 Å². The Labute approximate surface area is 127 Å². The summed E-state index contributed by atoms with van der Waals surface area (Å²) in [5, 5.41) is 12.6. The third-order valence-corrected chi connectivity index (χ3v) is 5.98. The maximum Gasteiger partial charge on any atom is 0.254 e. The molecule has 3 rings (SSSR count). The van der Waals surface area contributed by atoms with Crippen LogP contribution in [0.5, 0.6) is 0 Å². The van der Waals surface area contributed by atoms with Crippen LogP contribution in [0.25, 0.3) is 5.57 Å². The Morgan fingerprint density at radius 1 is 1.35 bits per heavy atom. The number of hydrogen-bond donors (Lipinski definition) is 1. The van der Waals surface area contributed by atoms with Crippen molar-refractivity contribution in [3.05, 3.63) is 28.5 Å². The van der Waals surface area contributed by atoms with Gasteiger partial charge in [0.25, 0.3) is 5.91 Å². The fourth-order valence-electron chi connectivity index (χ4n) is 2.76. The van der Waals surface area contributed by atoms with Crippen LogP contribution in [0, 0.1) is 0 Å². The molecule has 0 atom stereocenters. The number of thiophene rings is 1. The lowest BCUT2D eigenvalue weighted by atomic mass is 9.94. The summed E-state index contributed by atoms with van der Waals surface area (Å²) in [4.78, 5) is 15.6. The number of carbonyl (C=O) groups is 1. The Kier molecular flexibility index (Phi) is 4.19. The fraction of sp³-hybridized carbons (Fsp3) is 0.533. The van der Waals surface area contributed by atoms with Crippen LogP contribution in [-0.4, -0.2) is 46.1 Å². The summed E-state index contributed by atoms with van der Waals surface area (Å²) in [5.41, 5.74) is 0.217. The molecule has 1 fully saturated rings. The van der Waals surface area contributed by atoms with Gasteiger partial charge in [-0.15, -0.1) is 11.3 Å². The molecular weight excluding hydrogens is 290 g/mol. The van der Waals surface area contributed by atoms with Crippen LogP contribution in [0.3, 0.4) is 0 Å². The fourth-order valence-corrected chi connectivity index (χ4v) is 4.72. The van der Waals surface area contributed by atoms with Crippen molar-refractivity contribution in [3.63, 3.8) is 0 Å². The van der Waals surface area contributed by atoms with Gasteiger partial charge in [0.2, 0.25) is 0 Å². The minimum absolute atomic E-state index is 0.0701. The molecule has 1 aromatic rings. The van der Waals surface area contributed by atoms with Gasteiger partial charge in [0, 0.05) is 18.0 Å². The number of carbonyl (C=O) groups excluding carboxylic acids is 1. The molecule has 1 saturated heterocycles. The molecule has 2 aliphatic rings. The molecule has 1 amide bonds. The maximum atomic E-state index is 12.5. The van der Waals surface area contributed by atoms with E-state index in [0.29, 0.717) is 19.4 Å². The van der Waals surface area contributed by atoms with Gasteiger partial charge in [-0.1, -0.05) is 12.1 Å². The molecule has 5 heteroatoms. The Morgan fingerprint density at radius 3 is 2.75 bits per heavy atom. The molecule has 3 nitrogen and oxygen atoms in total. The van der Waals surface area contributed by atoms with Crippen molar-refractivity contribution in [2.75, 3.05) is 24.6 Å². The topological polar surface area (TPSA) is 40.5 Å². The molecular formula is C15H19NO2S2. The number of amides is 1. The third-order valence-electron chi connectivity index (χ3n) is 4.05. The Balaban J connectivity index is 1.67. The zero-order chi connectivity index (χ0) is 14.0. The predicted molar refractivity (Wildman–Crippen MR) is 85.0 cm³/mol. The van der Waals surface area contributed by atoms with Crippen LogP contribution < -0.4 is 0 Å². The average molecular weight is 309 g/mol. The van der Waals surface area contributed by atoms with Gasteiger partial charge in [0.1, 0.15) is 5.60 Å². The van der Waals surface area contributed by atoms with Gasteiger partial charge in [-0.05, 0) is 47.8 Å².